The van der Waals surface area contributed by atoms with Crippen molar-refractivity contribution in [1.29, 1.82) is 0 Å². The molecule has 0 radical (unpaired) electrons. The van der Waals surface area contributed by atoms with Gasteiger partial charge in [-0.05, 0) is 45.7 Å². The number of carbonyl (C=O) groups excluding carboxylic acids is 1. The third-order valence-corrected chi connectivity index (χ3v) is 6.32. The maximum absolute atomic E-state index is 12.4. The largest absolute Gasteiger partial charge is 0.493 e. The molecule has 0 bridgehead atoms. The molecule has 2 aromatic rings. The summed E-state index contributed by atoms with van der Waals surface area (Å²) in [6, 6.07) is 4.08. The molecule has 1 aromatic carbocycles. The highest BCUT2D eigenvalue weighted by Crippen LogP contribution is 2.42. The molecule has 3 rings (SSSR count). The van der Waals surface area contributed by atoms with Crippen LogP contribution in [-0.4, -0.2) is 53.3 Å². The molecule has 1 aliphatic rings. The van der Waals surface area contributed by atoms with Crippen molar-refractivity contribution in [1.82, 2.24) is 20.1 Å². The van der Waals surface area contributed by atoms with E-state index in [1.807, 2.05) is 32.9 Å². The van der Waals surface area contributed by atoms with E-state index in [9.17, 15) is 4.79 Å². The third-order valence-electron chi connectivity index (χ3n) is 5.37. The number of nitrogens with zero attached hydrogens (tertiary/aromatic N) is 3. The van der Waals surface area contributed by atoms with E-state index >= 15 is 0 Å². The predicted molar refractivity (Wildman–Crippen MR) is 126 cm³/mol. The molecule has 32 heavy (non-hydrogen) atoms. The van der Waals surface area contributed by atoms with Gasteiger partial charge >= 0.3 is 0 Å². The summed E-state index contributed by atoms with van der Waals surface area (Å²) in [6.07, 6.45) is 5.72. The summed E-state index contributed by atoms with van der Waals surface area (Å²) < 4.78 is 18.7. The Bertz CT molecular complexity index is 908. The van der Waals surface area contributed by atoms with E-state index in [2.05, 4.69) is 20.1 Å². The smallest absolute Gasteiger partial charge is 0.230 e. The molecule has 1 N–H and O–H groups in total. The van der Waals surface area contributed by atoms with Crippen molar-refractivity contribution in [2.45, 2.75) is 69.6 Å². The number of ether oxygens (including phenoxy) is 3. The Morgan fingerprint density at radius 1 is 1.06 bits per heavy atom. The van der Waals surface area contributed by atoms with Crippen LogP contribution < -0.4 is 19.5 Å². The van der Waals surface area contributed by atoms with E-state index in [4.69, 9.17) is 14.2 Å². The number of rotatable bonds is 8. The summed E-state index contributed by atoms with van der Waals surface area (Å²) in [7, 11) is 4.78. The minimum absolute atomic E-state index is 0.0185. The lowest BCUT2D eigenvalue weighted by Crippen LogP contribution is -2.41. The molecule has 0 unspecified atom stereocenters. The standard InChI is InChI=1S/C23H34N4O4S/c1-23(2,3)24-19(28)14-32-22-26-25-21(27(22)16-10-8-7-9-11-16)15-12-17(29-4)20(31-6)18(13-15)30-5/h12-13,16H,7-11,14H2,1-6H3,(H,24,28). The lowest BCUT2D eigenvalue weighted by Gasteiger charge is -2.26. The molecule has 1 amide bonds. The van der Waals surface area contributed by atoms with Crippen molar-refractivity contribution in [2.24, 2.45) is 0 Å². The molecular formula is C23H34N4O4S. The number of nitrogens with one attached hydrogen (secondary N) is 1. The van der Waals surface area contributed by atoms with Crippen LogP contribution in [0.25, 0.3) is 11.4 Å². The molecular weight excluding hydrogens is 428 g/mol. The van der Waals surface area contributed by atoms with E-state index < -0.39 is 0 Å². The molecule has 0 atom stereocenters. The van der Waals surface area contributed by atoms with Gasteiger partial charge in [-0.3, -0.25) is 9.36 Å². The molecule has 8 nitrogen and oxygen atoms in total. The first-order chi connectivity index (χ1) is 15.3. The maximum Gasteiger partial charge on any atom is 0.230 e. The average molecular weight is 463 g/mol. The molecule has 1 fully saturated rings. The molecule has 0 saturated heterocycles. The number of hydrogen-bond donors (Lipinski definition) is 1. The Hall–Kier alpha value is -2.42. The van der Waals surface area contributed by atoms with E-state index in [-0.39, 0.29) is 17.2 Å². The van der Waals surface area contributed by atoms with Gasteiger partial charge in [-0.1, -0.05) is 31.0 Å². The van der Waals surface area contributed by atoms with Crippen LogP contribution in [0.3, 0.4) is 0 Å². The second-order valence-corrected chi connectivity index (χ2v) is 9.91. The minimum Gasteiger partial charge on any atom is -0.493 e. The van der Waals surface area contributed by atoms with Crippen molar-refractivity contribution in [3.8, 4) is 28.6 Å². The van der Waals surface area contributed by atoms with Crippen LogP contribution in [0, 0.1) is 0 Å². The number of thioether (sulfide) groups is 1. The second kappa shape index (κ2) is 10.5. The van der Waals surface area contributed by atoms with E-state index in [1.54, 1.807) is 21.3 Å². The number of benzene rings is 1. The fourth-order valence-corrected chi connectivity index (χ4v) is 4.84. The molecule has 0 spiro atoms. The van der Waals surface area contributed by atoms with E-state index in [0.717, 1.165) is 29.4 Å². The Kier molecular flexibility index (Phi) is 7.92. The summed E-state index contributed by atoms with van der Waals surface area (Å²) >= 11 is 1.42. The molecule has 1 aromatic heterocycles. The SMILES string of the molecule is COc1cc(-c2nnc(SCC(=O)NC(C)(C)C)n2C2CCCCC2)cc(OC)c1OC. The van der Waals surface area contributed by atoms with Gasteiger partial charge in [0.15, 0.2) is 22.5 Å². The van der Waals surface area contributed by atoms with Crippen LogP contribution in [0.15, 0.2) is 17.3 Å². The van der Waals surface area contributed by atoms with Gasteiger partial charge in [-0.15, -0.1) is 10.2 Å². The number of carbonyl (C=O) groups is 1. The topological polar surface area (TPSA) is 87.5 Å². The number of aromatic nitrogens is 3. The van der Waals surface area contributed by atoms with Crippen molar-refractivity contribution in [3.05, 3.63) is 12.1 Å². The minimum atomic E-state index is -0.268. The van der Waals surface area contributed by atoms with Gasteiger partial charge in [0.05, 0.1) is 27.1 Å². The lowest BCUT2D eigenvalue weighted by atomic mass is 9.95. The molecule has 1 aliphatic carbocycles. The Labute approximate surface area is 194 Å². The van der Waals surface area contributed by atoms with Crippen LogP contribution in [0.2, 0.25) is 0 Å². The van der Waals surface area contributed by atoms with Gasteiger partial charge in [0.25, 0.3) is 0 Å². The maximum atomic E-state index is 12.4. The van der Waals surface area contributed by atoms with E-state index in [1.165, 1.54) is 31.0 Å². The van der Waals surface area contributed by atoms with Crippen LogP contribution in [0.5, 0.6) is 17.2 Å². The number of methoxy groups -OCH3 is 3. The van der Waals surface area contributed by atoms with Crippen molar-refractivity contribution < 1.29 is 19.0 Å². The van der Waals surface area contributed by atoms with Crippen molar-refractivity contribution in [2.75, 3.05) is 27.1 Å². The second-order valence-electron chi connectivity index (χ2n) is 8.97. The highest BCUT2D eigenvalue weighted by atomic mass is 32.2. The first kappa shape index (κ1) is 24.2. The summed E-state index contributed by atoms with van der Waals surface area (Å²) in [6.45, 7) is 5.92. The zero-order chi connectivity index (χ0) is 23.3. The van der Waals surface area contributed by atoms with Crippen LogP contribution in [-0.2, 0) is 4.79 Å². The molecule has 0 aliphatic heterocycles. The van der Waals surface area contributed by atoms with Crippen molar-refractivity contribution in [3.63, 3.8) is 0 Å². The number of amides is 1. The molecule has 1 heterocycles. The van der Waals surface area contributed by atoms with Gasteiger partial charge in [-0.25, -0.2) is 0 Å². The summed E-state index contributed by atoms with van der Waals surface area (Å²) in [4.78, 5) is 12.4. The van der Waals surface area contributed by atoms with Crippen LogP contribution in [0.4, 0.5) is 0 Å². The van der Waals surface area contributed by atoms with Gasteiger partial charge < -0.3 is 19.5 Å². The highest BCUT2D eigenvalue weighted by molar-refractivity contribution is 7.99. The lowest BCUT2D eigenvalue weighted by molar-refractivity contribution is -0.119. The Balaban J connectivity index is 1.98. The zero-order valence-electron chi connectivity index (χ0n) is 19.9. The van der Waals surface area contributed by atoms with Gasteiger partial charge in [0, 0.05) is 17.1 Å². The normalized spacial score (nSPS) is 14.8. The Morgan fingerprint density at radius 3 is 2.22 bits per heavy atom. The van der Waals surface area contributed by atoms with E-state index in [0.29, 0.717) is 23.3 Å². The highest BCUT2D eigenvalue weighted by Gasteiger charge is 2.26. The monoisotopic (exact) mass is 462 g/mol. The van der Waals surface area contributed by atoms with Crippen LogP contribution >= 0.6 is 11.8 Å². The number of hydrogen-bond acceptors (Lipinski definition) is 7. The summed E-state index contributed by atoms with van der Waals surface area (Å²) in [5.74, 6) is 2.69. The fraction of sp³-hybridized carbons (Fsp3) is 0.609. The first-order valence-electron chi connectivity index (χ1n) is 11.0. The van der Waals surface area contributed by atoms with Gasteiger partial charge in [-0.2, -0.15) is 0 Å². The van der Waals surface area contributed by atoms with Gasteiger partial charge in [0.1, 0.15) is 0 Å². The molecule has 1 saturated carbocycles. The summed E-state index contributed by atoms with van der Waals surface area (Å²) in [5.41, 5.74) is 0.569. The third kappa shape index (κ3) is 5.68. The quantitative estimate of drug-likeness (QED) is 0.579. The average Bonchev–Trinajstić information content (AvgIpc) is 3.20. The fourth-order valence-electron chi connectivity index (χ4n) is 4.04. The van der Waals surface area contributed by atoms with Gasteiger partial charge in [0.2, 0.25) is 11.7 Å². The molecule has 9 heteroatoms. The first-order valence-corrected chi connectivity index (χ1v) is 11.9. The predicted octanol–water partition coefficient (Wildman–Crippen LogP) is 4.48. The zero-order valence-corrected chi connectivity index (χ0v) is 20.7. The van der Waals surface area contributed by atoms with Crippen LogP contribution in [0.1, 0.15) is 58.9 Å². The molecule has 176 valence electrons. The summed E-state index contributed by atoms with van der Waals surface area (Å²) in [5, 5.41) is 12.8. The van der Waals surface area contributed by atoms with Crippen molar-refractivity contribution >= 4 is 17.7 Å². The Morgan fingerprint density at radius 2 is 1.69 bits per heavy atom.